The first kappa shape index (κ1) is 28.4. The van der Waals surface area contributed by atoms with Crippen molar-refractivity contribution >= 4 is 18.0 Å². The molecule has 2 N–H and O–H groups in total. The summed E-state index contributed by atoms with van der Waals surface area (Å²) in [4.78, 5) is 23.2. The monoisotopic (exact) mass is 518 g/mol. The third-order valence-corrected chi connectivity index (χ3v) is 5.99. The highest BCUT2D eigenvalue weighted by Crippen LogP contribution is 2.29. The lowest BCUT2D eigenvalue weighted by atomic mass is 10.1. The highest BCUT2D eigenvalue weighted by Gasteiger charge is 2.17. The van der Waals surface area contributed by atoms with Gasteiger partial charge in [-0.2, -0.15) is 0 Å². The summed E-state index contributed by atoms with van der Waals surface area (Å²) in [5.41, 5.74) is 3.67. The number of piperazine rings is 1. The van der Waals surface area contributed by atoms with Gasteiger partial charge >= 0.3 is 11.9 Å². The third-order valence-electron chi connectivity index (χ3n) is 5.99. The first-order valence-corrected chi connectivity index (χ1v) is 12.4. The van der Waals surface area contributed by atoms with E-state index in [2.05, 4.69) is 76.5 Å². The largest absolute Gasteiger partial charge is 0.493 e. The van der Waals surface area contributed by atoms with Gasteiger partial charge in [0.05, 0.1) is 7.11 Å². The molecule has 1 saturated heterocycles. The highest BCUT2D eigenvalue weighted by molar-refractivity contribution is 6.27. The maximum absolute atomic E-state index is 9.10. The Hall–Kier alpha value is -4.14. The molecule has 8 heteroatoms. The molecule has 0 amide bonds. The van der Waals surface area contributed by atoms with Gasteiger partial charge < -0.3 is 19.7 Å². The van der Waals surface area contributed by atoms with Crippen LogP contribution in [0.5, 0.6) is 11.5 Å². The molecule has 4 rings (SSSR count). The average Bonchev–Trinajstić information content (AvgIpc) is 2.94. The SMILES string of the molecule is COc1ccc(CN2CCN(CC=Cc3ccccc3)CC2)cc1OCc1ccccc1.O=C(O)C(=O)O. The number of hydrogen-bond acceptors (Lipinski definition) is 6. The Balaban J connectivity index is 0.000000599. The van der Waals surface area contributed by atoms with Gasteiger partial charge in [-0.05, 0) is 28.8 Å². The summed E-state index contributed by atoms with van der Waals surface area (Å²) in [6.45, 7) is 6.80. The number of carbonyl (C=O) groups is 2. The molecule has 0 unspecified atom stereocenters. The number of methoxy groups -OCH3 is 1. The standard InChI is InChI=1S/C28H32N2O2.C2H2O4/c1-31-27-15-14-26(21-28(27)32-23-25-11-6-3-7-12-25)22-30-19-17-29(18-20-30)16-8-13-24-9-4-2-5-10-24;3-1(4)2(5)6/h2-15,21H,16-20,22-23H2,1H3;(H,3,4)(H,5,6). The Kier molecular flexibility index (Phi) is 11.4. The molecule has 0 spiro atoms. The number of nitrogens with zero attached hydrogens (tertiary/aromatic N) is 2. The van der Waals surface area contributed by atoms with Crippen molar-refractivity contribution in [2.45, 2.75) is 13.2 Å². The highest BCUT2D eigenvalue weighted by atomic mass is 16.5. The zero-order chi connectivity index (χ0) is 27.2. The van der Waals surface area contributed by atoms with Crippen molar-refractivity contribution in [2.24, 2.45) is 0 Å². The van der Waals surface area contributed by atoms with E-state index >= 15 is 0 Å². The van der Waals surface area contributed by atoms with Gasteiger partial charge in [0.1, 0.15) is 6.61 Å². The van der Waals surface area contributed by atoms with Crippen molar-refractivity contribution in [1.29, 1.82) is 0 Å². The van der Waals surface area contributed by atoms with E-state index in [0.717, 1.165) is 56.3 Å². The van der Waals surface area contributed by atoms with Gasteiger partial charge in [0.2, 0.25) is 0 Å². The van der Waals surface area contributed by atoms with Crippen LogP contribution in [0.15, 0.2) is 84.9 Å². The predicted molar refractivity (Wildman–Crippen MR) is 146 cm³/mol. The van der Waals surface area contributed by atoms with Crippen molar-refractivity contribution in [3.05, 3.63) is 102 Å². The summed E-state index contributed by atoms with van der Waals surface area (Å²) in [6, 6.07) is 27.0. The summed E-state index contributed by atoms with van der Waals surface area (Å²) in [7, 11) is 1.69. The second-order valence-electron chi connectivity index (χ2n) is 8.76. The molecule has 3 aromatic carbocycles. The molecule has 1 aliphatic heterocycles. The number of hydrogen-bond donors (Lipinski definition) is 2. The lowest BCUT2D eigenvalue weighted by Crippen LogP contribution is -2.45. The zero-order valence-corrected chi connectivity index (χ0v) is 21.5. The van der Waals surface area contributed by atoms with Gasteiger partial charge in [0.15, 0.2) is 11.5 Å². The van der Waals surface area contributed by atoms with Gasteiger partial charge in [-0.15, -0.1) is 0 Å². The maximum atomic E-state index is 9.10. The quantitative estimate of drug-likeness (QED) is 0.406. The lowest BCUT2D eigenvalue weighted by molar-refractivity contribution is -0.159. The van der Waals surface area contributed by atoms with Gasteiger partial charge in [-0.3, -0.25) is 9.80 Å². The summed E-state index contributed by atoms with van der Waals surface area (Å²) >= 11 is 0. The first-order chi connectivity index (χ1) is 18.4. The number of carboxylic acids is 2. The van der Waals surface area contributed by atoms with E-state index in [4.69, 9.17) is 29.3 Å². The fourth-order valence-electron chi connectivity index (χ4n) is 3.96. The van der Waals surface area contributed by atoms with E-state index in [-0.39, 0.29) is 0 Å². The molecule has 0 saturated carbocycles. The van der Waals surface area contributed by atoms with Crippen LogP contribution >= 0.6 is 0 Å². The Morgan fingerprint density at radius 3 is 2.00 bits per heavy atom. The van der Waals surface area contributed by atoms with Gasteiger partial charge in [0.25, 0.3) is 0 Å². The van der Waals surface area contributed by atoms with E-state index in [1.54, 1.807) is 7.11 Å². The van der Waals surface area contributed by atoms with Crippen LogP contribution in [0.4, 0.5) is 0 Å². The molecule has 1 heterocycles. The molecule has 1 aliphatic rings. The van der Waals surface area contributed by atoms with Crippen LogP contribution in [0.25, 0.3) is 6.08 Å². The maximum Gasteiger partial charge on any atom is 0.414 e. The summed E-state index contributed by atoms with van der Waals surface area (Å²) < 4.78 is 11.6. The van der Waals surface area contributed by atoms with E-state index in [1.165, 1.54) is 11.1 Å². The molecular formula is C30H34N2O6. The molecular weight excluding hydrogens is 484 g/mol. The van der Waals surface area contributed by atoms with E-state index in [9.17, 15) is 0 Å². The summed E-state index contributed by atoms with van der Waals surface area (Å²) in [6.07, 6.45) is 4.48. The Morgan fingerprint density at radius 1 is 0.789 bits per heavy atom. The second-order valence-corrected chi connectivity index (χ2v) is 8.76. The van der Waals surface area contributed by atoms with Crippen LogP contribution in [-0.2, 0) is 22.7 Å². The zero-order valence-electron chi connectivity index (χ0n) is 21.5. The Labute approximate surface area is 223 Å². The van der Waals surface area contributed by atoms with Gasteiger partial charge in [-0.1, -0.05) is 78.9 Å². The number of benzene rings is 3. The first-order valence-electron chi connectivity index (χ1n) is 12.4. The van der Waals surface area contributed by atoms with E-state index in [1.807, 2.05) is 24.3 Å². The molecule has 0 atom stereocenters. The van der Waals surface area contributed by atoms with Gasteiger partial charge in [0, 0.05) is 39.3 Å². The van der Waals surface area contributed by atoms with Crippen LogP contribution < -0.4 is 9.47 Å². The smallest absolute Gasteiger partial charge is 0.414 e. The molecule has 3 aromatic rings. The summed E-state index contributed by atoms with van der Waals surface area (Å²) in [5, 5.41) is 14.8. The third kappa shape index (κ3) is 9.72. The van der Waals surface area contributed by atoms with Crippen molar-refractivity contribution < 1.29 is 29.3 Å². The average molecular weight is 519 g/mol. The minimum Gasteiger partial charge on any atom is -0.493 e. The molecule has 0 bridgehead atoms. The Bertz CT molecular complexity index is 1160. The van der Waals surface area contributed by atoms with Crippen LogP contribution in [0.3, 0.4) is 0 Å². The van der Waals surface area contributed by atoms with Crippen LogP contribution in [0, 0.1) is 0 Å². The number of aliphatic carboxylic acids is 2. The predicted octanol–water partition coefficient (Wildman–Crippen LogP) is 4.26. The fourth-order valence-corrected chi connectivity index (χ4v) is 3.96. The van der Waals surface area contributed by atoms with Crippen LogP contribution in [-0.4, -0.2) is 71.8 Å². The second kappa shape index (κ2) is 15.2. The molecule has 38 heavy (non-hydrogen) atoms. The molecule has 8 nitrogen and oxygen atoms in total. The number of carboxylic acid groups (broad SMARTS) is 2. The molecule has 200 valence electrons. The summed E-state index contributed by atoms with van der Waals surface area (Å²) in [5.74, 6) is -2.07. The van der Waals surface area contributed by atoms with Crippen LogP contribution in [0.2, 0.25) is 0 Å². The van der Waals surface area contributed by atoms with Crippen molar-refractivity contribution in [3.8, 4) is 11.5 Å². The van der Waals surface area contributed by atoms with Crippen molar-refractivity contribution in [2.75, 3.05) is 39.8 Å². The minimum absolute atomic E-state index is 0.538. The molecule has 1 fully saturated rings. The molecule has 0 aromatic heterocycles. The Morgan fingerprint density at radius 2 is 1.39 bits per heavy atom. The fraction of sp³-hybridized carbons (Fsp3) is 0.267. The van der Waals surface area contributed by atoms with Crippen LogP contribution in [0.1, 0.15) is 16.7 Å². The van der Waals surface area contributed by atoms with Crippen molar-refractivity contribution in [1.82, 2.24) is 9.80 Å². The number of ether oxygens (including phenoxy) is 2. The van der Waals surface area contributed by atoms with Gasteiger partial charge in [-0.25, -0.2) is 9.59 Å². The normalized spacial score (nSPS) is 13.9. The topological polar surface area (TPSA) is 99.5 Å². The number of rotatable bonds is 9. The molecule has 0 aliphatic carbocycles. The molecule has 0 radical (unpaired) electrons. The van der Waals surface area contributed by atoms with Crippen molar-refractivity contribution in [3.63, 3.8) is 0 Å². The lowest BCUT2D eigenvalue weighted by Gasteiger charge is -2.34. The van der Waals surface area contributed by atoms with E-state index < -0.39 is 11.9 Å². The van der Waals surface area contributed by atoms with E-state index in [0.29, 0.717) is 6.61 Å². The minimum atomic E-state index is -1.82.